The molecule has 0 aliphatic carbocycles. The first-order valence-electron chi connectivity index (χ1n) is 8.09. The number of hydrogen-bond acceptors (Lipinski definition) is 4. The van der Waals surface area contributed by atoms with E-state index in [2.05, 4.69) is 10.9 Å². The molecular formula is C18H17Cl3N2O2S. The zero-order chi connectivity index (χ0) is 18.5. The molecule has 8 heteroatoms. The maximum atomic E-state index is 12.6. The fraction of sp³-hybridized carbons (Fsp3) is 0.278. The predicted octanol–water partition coefficient (Wildman–Crippen LogP) is 5.67. The van der Waals surface area contributed by atoms with Crippen molar-refractivity contribution in [2.45, 2.75) is 23.8 Å². The number of nitrogens with one attached hydrogen (secondary N) is 2. The largest absolute Gasteiger partial charge is 0.377 e. The monoisotopic (exact) mass is 430 g/mol. The van der Waals surface area contributed by atoms with E-state index in [9.17, 15) is 4.79 Å². The number of hydrazine groups is 1. The highest BCUT2D eigenvalue weighted by molar-refractivity contribution is 7.99. The standard InChI is InChI=1S/C18H17Cl3N2O2S/c19-11-8-14(20)17(15(21)9-11)22-23-18(24)13-5-1-2-6-16(13)26-10-12-4-3-7-25-12/h1-2,5-6,8-9,12,22H,3-4,7,10H2,(H,23,24). The van der Waals surface area contributed by atoms with Gasteiger partial charge in [-0.05, 0) is 37.1 Å². The van der Waals surface area contributed by atoms with Crippen molar-refractivity contribution in [2.24, 2.45) is 0 Å². The molecule has 0 spiro atoms. The number of carbonyl (C=O) groups is 1. The summed E-state index contributed by atoms with van der Waals surface area (Å²) in [7, 11) is 0. The van der Waals surface area contributed by atoms with Crippen molar-refractivity contribution in [2.75, 3.05) is 17.8 Å². The number of anilines is 1. The number of carbonyl (C=O) groups excluding carboxylic acids is 1. The maximum Gasteiger partial charge on any atom is 0.270 e. The lowest BCUT2D eigenvalue weighted by molar-refractivity contribution is 0.0959. The van der Waals surface area contributed by atoms with Gasteiger partial charge in [-0.1, -0.05) is 46.9 Å². The molecule has 0 radical (unpaired) electrons. The van der Waals surface area contributed by atoms with E-state index in [1.165, 1.54) is 0 Å². The van der Waals surface area contributed by atoms with E-state index < -0.39 is 0 Å². The Bertz CT molecular complexity index is 775. The van der Waals surface area contributed by atoms with Gasteiger partial charge in [0, 0.05) is 22.3 Å². The molecule has 0 saturated carbocycles. The molecule has 138 valence electrons. The summed E-state index contributed by atoms with van der Waals surface area (Å²) in [5.74, 6) is 0.551. The van der Waals surface area contributed by atoms with Gasteiger partial charge in [-0.3, -0.25) is 15.6 Å². The molecule has 1 saturated heterocycles. The number of hydrogen-bond donors (Lipinski definition) is 2. The van der Waals surface area contributed by atoms with Crippen molar-refractivity contribution in [3.63, 3.8) is 0 Å². The summed E-state index contributed by atoms with van der Waals surface area (Å²) in [4.78, 5) is 13.5. The van der Waals surface area contributed by atoms with Crippen molar-refractivity contribution in [1.82, 2.24) is 5.43 Å². The lowest BCUT2D eigenvalue weighted by Gasteiger charge is -2.14. The maximum absolute atomic E-state index is 12.6. The Kier molecular flexibility index (Phi) is 6.95. The molecule has 1 amide bonds. The van der Waals surface area contributed by atoms with Gasteiger partial charge in [-0.2, -0.15) is 0 Å². The highest BCUT2D eigenvalue weighted by atomic mass is 35.5. The smallest absolute Gasteiger partial charge is 0.270 e. The molecule has 1 heterocycles. The van der Waals surface area contributed by atoms with Gasteiger partial charge in [0.05, 0.1) is 27.4 Å². The number of rotatable bonds is 6. The molecule has 26 heavy (non-hydrogen) atoms. The summed E-state index contributed by atoms with van der Waals surface area (Å²) in [6, 6.07) is 10.5. The van der Waals surface area contributed by atoms with E-state index in [1.54, 1.807) is 30.0 Å². The van der Waals surface area contributed by atoms with Crippen LogP contribution in [0.15, 0.2) is 41.3 Å². The van der Waals surface area contributed by atoms with Gasteiger partial charge in [0.15, 0.2) is 0 Å². The minimum atomic E-state index is -0.275. The summed E-state index contributed by atoms with van der Waals surface area (Å²) in [5, 5.41) is 1.07. The van der Waals surface area contributed by atoms with Crippen LogP contribution >= 0.6 is 46.6 Å². The fourth-order valence-corrected chi connectivity index (χ4v) is 4.62. The van der Waals surface area contributed by atoms with Gasteiger partial charge in [0.25, 0.3) is 5.91 Å². The molecule has 0 bridgehead atoms. The van der Waals surface area contributed by atoms with Crippen LogP contribution in [-0.2, 0) is 4.74 Å². The summed E-state index contributed by atoms with van der Waals surface area (Å²) in [6.07, 6.45) is 2.41. The van der Waals surface area contributed by atoms with Gasteiger partial charge < -0.3 is 4.74 Å². The van der Waals surface area contributed by atoms with E-state index in [0.29, 0.717) is 26.3 Å². The Morgan fingerprint density at radius 1 is 1.19 bits per heavy atom. The van der Waals surface area contributed by atoms with Crippen LogP contribution in [0.25, 0.3) is 0 Å². The topological polar surface area (TPSA) is 50.4 Å². The first kappa shape index (κ1) is 19.6. The number of halogens is 3. The molecule has 1 aliphatic rings. The molecule has 2 N–H and O–H groups in total. The van der Waals surface area contributed by atoms with Crippen LogP contribution in [0.3, 0.4) is 0 Å². The average Bonchev–Trinajstić information content (AvgIpc) is 3.12. The molecule has 0 aromatic heterocycles. The minimum absolute atomic E-state index is 0.251. The normalized spacial score (nSPS) is 16.5. The first-order chi connectivity index (χ1) is 12.5. The van der Waals surface area contributed by atoms with Gasteiger partial charge in [-0.15, -0.1) is 11.8 Å². The second kappa shape index (κ2) is 9.20. The van der Waals surface area contributed by atoms with Crippen LogP contribution in [0.2, 0.25) is 15.1 Å². The van der Waals surface area contributed by atoms with Gasteiger partial charge in [0.2, 0.25) is 0 Å². The van der Waals surface area contributed by atoms with Crippen LogP contribution in [0, 0.1) is 0 Å². The van der Waals surface area contributed by atoms with Crippen molar-refractivity contribution in [1.29, 1.82) is 0 Å². The third-order valence-electron chi connectivity index (χ3n) is 3.89. The number of benzene rings is 2. The predicted molar refractivity (Wildman–Crippen MR) is 109 cm³/mol. The second-order valence-corrected chi connectivity index (χ2v) is 8.08. The van der Waals surface area contributed by atoms with E-state index in [0.717, 1.165) is 30.1 Å². The lowest BCUT2D eigenvalue weighted by atomic mass is 10.2. The molecule has 1 fully saturated rings. The third-order valence-corrected chi connectivity index (χ3v) is 5.91. The molecule has 1 aliphatic heterocycles. The Morgan fingerprint density at radius 2 is 1.92 bits per heavy atom. The summed E-state index contributed by atoms with van der Waals surface area (Å²) in [5.41, 5.74) is 6.39. The molecule has 3 rings (SSSR count). The Labute approximate surface area is 171 Å². The second-order valence-electron chi connectivity index (χ2n) is 5.77. The highest BCUT2D eigenvalue weighted by Gasteiger charge is 2.18. The molecule has 4 nitrogen and oxygen atoms in total. The van der Waals surface area contributed by atoms with E-state index >= 15 is 0 Å². The van der Waals surface area contributed by atoms with Crippen molar-refractivity contribution in [3.8, 4) is 0 Å². The van der Waals surface area contributed by atoms with Crippen molar-refractivity contribution >= 4 is 58.2 Å². The van der Waals surface area contributed by atoms with Crippen molar-refractivity contribution < 1.29 is 9.53 Å². The zero-order valence-corrected chi connectivity index (χ0v) is 16.8. The van der Waals surface area contributed by atoms with Gasteiger partial charge >= 0.3 is 0 Å². The number of ether oxygens (including phenoxy) is 1. The molecular weight excluding hydrogens is 415 g/mol. The fourth-order valence-electron chi connectivity index (χ4n) is 2.59. The average molecular weight is 432 g/mol. The first-order valence-corrected chi connectivity index (χ1v) is 10.2. The number of amides is 1. The molecule has 2 aromatic rings. The van der Waals surface area contributed by atoms with Crippen molar-refractivity contribution in [3.05, 3.63) is 57.0 Å². The SMILES string of the molecule is O=C(NNc1c(Cl)cc(Cl)cc1Cl)c1ccccc1SCC1CCCO1. The quantitative estimate of drug-likeness (QED) is 0.457. The Morgan fingerprint density at radius 3 is 2.62 bits per heavy atom. The summed E-state index contributed by atoms with van der Waals surface area (Å²) >= 11 is 19.7. The Hall–Kier alpha value is -1.11. The van der Waals surface area contributed by atoms with Crippen LogP contribution in [0.1, 0.15) is 23.2 Å². The van der Waals surface area contributed by atoms with Crippen LogP contribution in [-0.4, -0.2) is 24.4 Å². The molecule has 1 atom stereocenters. The van der Waals surface area contributed by atoms with E-state index in [-0.39, 0.29) is 12.0 Å². The van der Waals surface area contributed by atoms with E-state index in [1.807, 2.05) is 18.2 Å². The van der Waals surface area contributed by atoms with Crippen LogP contribution in [0.4, 0.5) is 5.69 Å². The van der Waals surface area contributed by atoms with Crippen LogP contribution < -0.4 is 10.9 Å². The molecule has 2 aromatic carbocycles. The third kappa shape index (κ3) is 4.99. The summed E-state index contributed by atoms with van der Waals surface area (Å²) < 4.78 is 5.64. The molecule has 1 unspecified atom stereocenters. The van der Waals surface area contributed by atoms with E-state index in [4.69, 9.17) is 39.5 Å². The highest BCUT2D eigenvalue weighted by Crippen LogP contribution is 2.33. The Balaban J connectivity index is 1.66. The lowest BCUT2D eigenvalue weighted by Crippen LogP contribution is -2.30. The van der Waals surface area contributed by atoms with Crippen LogP contribution in [0.5, 0.6) is 0 Å². The zero-order valence-electron chi connectivity index (χ0n) is 13.7. The van der Waals surface area contributed by atoms with Gasteiger partial charge in [0.1, 0.15) is 0 Å². The van der Waals surface area contributed by atoms with Gasteiger partial charge in [-0.25, -0.2) is 0 Å². The minimum Gasteiger partial charge on any atom is -0.377 e. The summed E-state index contributed by atoms with van der Waals surface area (Å²) in [6.45, 7) is 0.819. The number of thioether (sulfide) groups is 1.